The number of hydrogen-bond donors (Lipinski definition) is 0. The first-order chi connectivity index (χ1) is 14.6. The molecule has 0 N–H and O–H groups in total. The van der Waals surface area contributed by atoms with E-state index >= 15 is 0 Å². The summed E-state index contributed by atoms with van der Waals surface area (Å²) >= 11 is 0. The van der Waals surface area contributed by atoms with Crippen LogP contribution >= 0.6 is 12.4 Å². The van der Waals surface area contributed by atoms with Crippen molar-refractivity contribution in [3.8, 4) is 17.2 Å². The number of ether oxygens (including phenoxy) is 3. The third kappa shape index (κ3) is 5.28. The van der Waals surface area contributed by atoms with Crippen LogP contribution in [0.4, 0.5) is 0 Å². The molecule has 6 heteroatoms. The van der Waals surface area contributed by atoms with Crippen molar-refractivity contribution >= 4 is 12.4 Å². The minimum atomic E-state index is 0. The Kier molecular flexibility index (Phi) is 7.73. The third-order valence-corrected chi connectivity index (χ3v) is 6.64. The number of piperazine rings is 1. The Hall–Kier alpha value is -1.95. The average Bonchev–Trinajstić information content (AvgIpc) is 3.55. The van der Waals surface area contributed by atoms with E-state index in [1.54, 1.807) is 21.3 Å². The summed E-state index contributed by atoms with van der Waals surface area (Å²) in [7, 11) is 4.98. The quantitative estimate of drug-likeness (QED) is 0.604. The van der Waals surface area contributed by atoms with Crippen molar-refractivity contribution in [3.05, 3.63) is 53.1 Å². The fourth-order valence-corrected chi connectivity index (χ4v) is 4.61. The van der Waals surface area contributed by atoms with Gasteiger partial charge in [0, 0.05) is 44.7 Å². The van der Waals surface area contributed by atoms with Crippen LogP contribution in [-0.2, 0) is 12.0 Å². The van der Waals surface area contributed by atoms with E-state index in [1.165, 1.54) is 36.1 Å². The van der Waals surface area contributed by atoms with Gasteiger partial charge in [0.1, 0.15) is 0 Å². The van der Waals surface area contributed by atoms with Gasteiger partial charge in [0.05, 0.1) is 21.3 Å². The highest BCUT2D eigenvalue weighted by atomic mass is 35.5. The van der Waals surface area contributed by atoms with E-state index in [0.29, 0.717) is 11.2 Å². The molecule has 0 unspecified atom stereocenters. The SMILES string of the molecule is COc1cc(CN2CCN(CC3(c4ccc(C)cc4)CC3)CC2)cc(OC)c1OC.Cl. The lowest BCUT2D eigenvalue weighted by atomic mass is 9.94. The summed E-state index contributed by atoms with van der Waals surface area (Å²) < 4.78 is 16.5. The highest BCUT2D eigenvalue weighted by Crippen LogP contribution is 2.49. The first kappa shape index (κ1) is 23.7. The van der Waals surface area contributed by atoms with E-state index in [1.807, 2.05) is 0 Å². The summed E-state index contributed by atoms with van der Waals surface area (Å²) in [6.07, 6.45) is 2.64. The maximum absolute atomic E-state index is 5.51. The highest BCUT2D eigenvalue weighted by molar-refractivity contribution is 5.85. The van der Waals surface area contributed by atoms with Crippen molar-refractivity contribution < 1.29 is 14.2 Å². The molecule has 1 aliphatic carbocycles. The van der Waals surface area contributed by atoms with Crippen LogP contribution in [0.2, 0.25) is 0 Å². The summed E-state index contributed by atoms with van der Waals surface area (Å²) in [5, 5.41) is 0. The second kappa shape index (κ2) is 10.1. The summed E-state index contributed by atoms with van der Waals surface area (Å²) in [4.78, 5) is 5.17. The number of benzene rings is 2. The van der Waals surface area contributed by atoms with Crippen LogP contribution in [0.25, 0.3) is 0 Å². The predicted molar refractivity (Wildman–Crippen MR) is 127 cm³/mol. The second-order valence-electron chi connectivity index (χ2n) is 8.73. The monoisotopic (exact) mass is 446 g/mol. The Morgan fingerprint density at radius 3 is 1.84 bits per heavy atom. The van der Waals surface area contributed by atoms with Gasteiger partial charge in [-0.1, -0.05) is 29.8 Å². The largest absolute Gasteiger partial charge is 0.493 e. The standard InChI is InChI=1S/C25H34N2O3.ClH/c1-19-5-7-21(8-6-19)25(9-10-25)18-27-13-11-26(12-14-27)17-20-15-22(28-2)24(30-4)23(16-20)29-3;/h5-8,15-16H,9-14,17-18H2,1-4H3;1H. The van der Waals surface area contributed by atoms with Crippen LogP contribution < -0.4 is 14.2 Å². The molecule has 0 atom stereocenters. The van der Waals surface area contributed by atoms with Crippen LogP contribution in [0.5, 0.6) is 17.2 Å². The Labute approximate surface area is 192 Å². The van der Waals surface area contributed by atoms with Gasteiger partial charge >= 0.3 is 0 Å². The highest BCUT2D eigenvalue weighted by Gasteiger charge is 2.45. The normalized spacial score (nSPS) is 18.2. The fourth-order valence-electron chi connectivity index (χ4n) is 4.61. The molecule has 0 radical (unpaired) electrons. The van der Waals surface area contributed by atoms with Crippen LogP contribution in [0.3, 0.4) is 0 Å². The molecule has 1 saturated carbocycles. The lowest BCUT2D eigenvalue weighted by Gasteiger charge is -2.37. The minimum absolute atomic E-state index is 0. The number of methoxy groups -OCH3 is 3. The van der Waals surface area contributed by atoms with E-state index < -0.39 is 0 Å². The molecule has 1 aliphatic heterocycles. The Morgan fingerprint density at radius 1 is 0.806 bits per heavy atom. The van der Waals surface area contributed by atoms with E-state index in [2.05, 4.69) is 53.1 Å². The van der Waals surface area contributed by atoms with E-state index in [0.717, 1.165) is 44.2 Å². The lowest BCUT2D eigenvalue weighted by molar-refractivity contribution is 0.119. The van der Waals surface area contributed by atoms with Crippen LogP contribution in [0.1, 0.15) is 29.5 Å². The molecule has 2 aliphatic rings. The molecule has 2 fully saturated rings. The van der Waals surface area contributed by atoms with Gasteiger partial charge in [0.2, 0.25) is 5.75 Å². The van der Waals surface area contributed by atoms with Crippen molar-refractivity contribution in [2.45, 2.75) is 31.7 Å². The summed E-state index contributed by atoms with van der Waals surface area (Å²) in [5.41, 5.74) is 4.45. The van der Waals surface area contributed by atoms with E-state index in [-0.39, 0.29) is 12.4 Å². The molecule has 2 aromatic carbocycles. The van der Waals surface area contributed by atoms with Gasteiger partial charge in [0.15, 0.2) is 11.5 Å². The summed E-state index contributed by atoms with van der Waals surface area (Å²) in [6, 6.07) is 13.3. The first-order valence-corrected chi connectivity index (χ1v) is 10.9. The van der Waals surface area contributed by atoms with E-state index in [9.17, 15) is 0 Å². The predicted octanol–water partition coefficient (Wildman–Crippen LogP) is 4.29. The van der Waals surface area contributed by atoms with Gasteiger partial charge in [0.25, 0.3) is 0 Å². The van der Waals surface area contributed by atoms with Crippen molar-refractivity contribution in [1.82, 2.24) is 9.80 Å². The lowest BCUT2D eigenvalue weighted by Crippen LogP contribution is -2.48. The van der Waals surface area contributed by atoms with Gasteiger partial charge in [-0.2, -0.15) is 0 Å². The van der Waals surface area contributed by atoms with E-state index in [4.69, 9.17) is 14.2 Å². The molecular formula is C25H35ClN2O3. The van der Waals surface area contributed by atoms with Gasteiger partial charge in [-0.25, -0.2) is 0 Å². The average molecular weight is 447 g/mol. The maximum atomic E-state index is 5.51. The molecule has 1 heterocycles. The zero-order chi connectivity index (χ0) is 21.1. The second-order valence-corrected chi connectivity index (χ2v) is 8.73. The van der Waals surface area contributed by atoms with Crippen LogP contribution in [0, 0.1) is 6.92 Å². The molecule has 0 aromatic heterocycles. The van der Waals surface area contributed by atoms with Crippen molar-refractivity contribution in [2.24, 2.45) is 0 Å². The van der Waals surface area contributed by atoms with Crippen molar-refractivity contribution in [1.29, 1.82) is 0 Å². The number of halogens is 1. The molecule has 4 rings (SSSR count). The molecule has 0 amide bonds. The minimum Gasteiger partial charge on any atom is -0.493 e. The van der Waals surface area contributed by atoms with Gasteiger partial charge in [-0.05, 0) is 43.0 Å². The maximum Gasteiger partial charge on any atom is 0.203 e. The number of hydrogen-bond acceptors (Lipinski definition) is 5. The molecule has 0 spiro atoms. The smallest absolute Gasteiger partial charge is 0.203 e. The van der Waals surface area contributed by atoms with Gasteiger partial charge in [-0.15, -0.1) is 12.4 Å². The number of aryl methyl sites for hydroxylation is 1. The fraction of sp³-hybridized carbons (Fsp3) is 0.520. The molecule has 0 bridgehead atoms. The van der Waals surface area contributed by atoms with Gasteiger partial charge < -0.3 is 14.2 Å². The molecule has 1 saturated heterocycles. The number of nitrogens with zero attached hydrogens (tertiary/aromatic N) is 2. The molecule has 5 nitrogen and oxygen atoms in total. The van der Waals surface area contributed by atoms with Gasteiger partial charge in [-0.3, -0.25) is 9.80 Å². The van der Waals surface area contributed by atoms with Crippen molar-refractivity contribution in [3.63, 3.8) is 0 Å². The number of rotatable bonds is 8. The summed E-state index contributed by atoms with van der Waals surface area (Å²) in [6.45, 7) is 8.66. The third-order valence-electron chi connectivity index (χ3n) is 6.64. The summed E-state index contributed by atoms with van der Waals surface area (Å²) in [5.74, 6) is 2.10. The molecule has 2 aromatic rings. The Morgan fingerprint density at radius 2 is 1.35 bits per heavy atom. The van der Waals surface area contributed by atoms with Crippen LogP contribution in [-0.4, -0.2) is 63.9 Å². The van der Waals surface area contributed by atoms with Crippen molar-refractivity contribution in [2.75, 3.05) is 54.1 Å². The zero-order valence-electron chi connectivity index (χ0n) is 19.1. The first-order valence-electron chi connectivity index (χ1n) is 10.9. The van der Waals surface area contributed by atoms with Crippen LogP contribution in [0.15, 0.2) is 36.4 Å². The molecular weight excluding hydrogens is 412 g/mol. The Bertz CT molecular complexity index is 835. The molecule has 170 valence electrons. The molecule has 31 heavy (non-hydrogen) atoms. The zero-order valence-corrected chi connectivity index (χ0v) is 20.0. The topological polar surface area (TPSA) is 34.2 Å². The Balaban J connectivity index is 0.00000272.